The number of halogens is 2. The fourth-order valence-corrected chi connectivity index (χ4v) is 4.92. The summed E-state index contributed by atoms with van der Waals surface area (Å²) in [6.45, 7) is 9.03. The molecule has 1 saturated carbocycles. The number of rotatable bonds is 11. The number of aldehydes is 1. The number of nitrogens with zero attached hydrogens (tertiary/aromatic N) is 2. The fraction of sp³-hybridized carbons (Fsp3) is 0.519. The molecule has 0 N–H and O–H groups in total. The predicted octanol–water partition coefficient (Wildman–Crippen LogP) is 7.04. The minimum absolute atomic E-state index is 0.117. The van der Waals surface area contributed by atoms with Crippen LogP contribution in [0, 0.1) is 11.8 Å². The number of hydrogen-bond acceptors (Lipinski definition) is 4. The van der Waals surface area contributed by atoms with Crippen molar-refractivity contribution in [2.24, 2.45) is 16.8 Å². The Kier molecular flexibility index (Phi) is 12.2. The normalized spacial score (nSPS) is 21.5. The van der Waals surface area contributed by atoms with E-state index in [-0.39, 0.29) is 17.8 Å². The van der Waals surface area contributed by atoms with Gasteiger partial charge < -0.3 is 0 Å². The maximum Gasteiger partial charge on any atom is 0.150 e. The van der Waals surface area contributed by atoms with Gasteiger partial charge in [0.25, 0.3) is 0 Å². The van der Waals surface area contributed by atoms with Crippen LogP contribution in [0.1, 0.15) is 68.3 Å². The van der Waals surface area contributed by atoms with E-state index >= 15 is 0 Å². The van der Waals surface area contributed by atoms with Crippen molar-refractivity contribution in [1.82, 2.24) is 4.90 Å². The van der Waals surface area contributed by atoms with Crippen LogP contribution in [0.2, 0.25) is 0 Å². The van der Waals surface area contributed by atoms with Gasteiger partial charge in [-0.3, -0.25) is 19.5 Å². The van der Waals surface area contributed by atoms with Crippen molar-refractivity contribution < 1.29 is 14.0 Å². The molecule has 1 fully saturated rings. The number of ketones is 1. The Balaban J connectivity index is 0.000000696. The largest absolute Gasteiger partial charge is 0.300 e. The van der Waals surface area contributed by atoms with Crippen LogP contribution in [-0.2, 0) is 11.3 Å². The van der Waals surface area contributed by atoms with Gasteiger partial charge in [0, 0.05) is 24.1 Å². The molecular formula is C27H36FIN2O2. The lowest BCUT2D eigenvalue weighted by Crippen LogP contribution is -2.38. The third kappa shape index (κ3) is 8.89. The summed E-state index contributed by atoms with van der Waals surface area (Å²) in [6, 6.07) is 5.56. The molecule has 3 rings (SSSR count). The molecular weight excluding hydrogens is 530 g/mol. The quantitative estimate of drug-likeness (QED) is 0.125. The van der Waals surface area contributed by atoms with Crippen LogP contribution in [-0.4, -0.2) is 40.7 Å². The summed E-state index contributed by atoms with van der Waals surface area (Å²) in [6.07, 6.45) is 12.2. The molecule has 1 atom stereocenters. The van der Waals surface area contributed by atoms with Crippen molar-refractivity contribution in [3.8, 4) is 0 Å². The van der Waals surface area contributed by atoms with Crippen LogP contribution >= 0.6 is 22.6 Å². The Labute approximate surface area is 211 Å². The molecule has 0 radical (unpaired) electrons. The fourth-order valence-electron chi connectivity index (χ4n) is 4.16. The highest BCUT2D eigenvalue weighted by atomic mass is 127. The van der Waals surface area contributed by atoms with E-state index in [1.54, 1.807) is 25.1 Å². The molecule has 0 heterocycles. The van der Waals surface area contributed by atoms with Crippen LogP contribution in [0.5, 0.6) is 0 Å². The maximum absolute atomic E-state index is 13.4. The Morgan fingerprint density at radius 3 is 2.64 bits per heavy atom. The van der Waals surface area contributed by atoms with Gasteiger partial charge in [-0.1, -0.05) is 54.1 Å². The summed E-state index contributed by atoms with van der Waals surface area (Å²) in [4.78, 5) is 28.9. The van der Waals surface area contributed by atoms with Gasteiger partial charge in [-0.15, -0.1) is 0 Å². The van der Waals surface area contributed by atoms with E-state index in [2.05, 4.69) is 46.1 Å². The molecule has 1 aromatic carbocycles. The van der Waals surface area contributed by atoms with Crippen molar-refractivity contribution >= 4 is 47.1 Å². The van der Waals surface area contributed by atoms with Crippen LogP contribution in [0.25, 0.3) is 0 Å². The third-order valence-electron chi connectivity index (χ3n) is 6.41. The van der Waals surface area contributed by atoms with Crippen molar-refractivity contribution in [1.29, 1.82) is 0 Å². The number of Topliss-reactive ketones (excluding diaryl/α,β-unsaturated/α-hetero) is 1. The minimum atomic E-state index is -0.191. The molecule has 4 nitrogen and oxygen atoms in total. The first-order chi connectivity index (χ1) is 15.9. The molecule has 0 amide bonds. The monoisotopic (exact) mass is 566 g/mol. The van der Waals surface area contributed by atoms with Crippen LogP contribution < -0.4 is 0 Å². The van der Waals surface area contributed by atoms with Gasteiger partial charge in [-0.2, -0.15) is 0 Å². The third-order valence-corrected chi connectivity index (χ3v) is 7.18. The number of benzene rings is 1. The molecule has 0 aromatic heterocycles. The van der Waals surface area contributed by atoms with Gasteiger partial charge >= 0.3 is 0 Å². The SMILES string of the molecule is C=Nc1cc(C=O)ccc1CN(CCC1CC(C(C)=O)C1)C1C=CC(F)=CC1.CCCCI. The Hall–Kier alpha value is -1.67. The molecule has 2 aliphatic carbocycles. The second kappa shape index (κ2) is 14.6. The molecule has 6 heteroatoms. The second-order valence-corrected chi connectivity index (χ2v) is 9.94. The number of unbranched alkanes of at least 4 members (excludes halogenated alkanes) is 1. The molecule has 2 aliphatic rings. The Bertz CT molecular complexity index is 860. The molecule has 0 saturated heterocycles. The van der Waals surface area contributed by atoms with E-state index in [1.165, 1.54) is 23.3 Å². The zero-order chi connectivity index (χ0) is 24.2. The summed E-state index contributed by atoms with van der Waals surface area (Å²) >= 11 is 2.39. The Morgan fingerprint density at radius 1 is 1.36 bits per heavy atom. The van der Waals surface area contributed by atoms with Crippen LogP contribution in [0.3, 0.4) is 0 Å². The topological polar surface area (TPSA) is 49.7 Å². The lowest BCUT2D eigenvalue weighted by molar-refractivity contribution is -0.124. The number of carbonyl (C=O) groups excluding carboxylic acids is 2. The molecule has 0 spiro atoms. The highest BCUT2D eigenvalue weighted by molar-refractivity contribution is 14.1. The number of alkyl halides is 1. The van der Waals surface area contributed by atoms with Gasteiger partial charge in [0.1, 0.15) is 17.9 Å². The zero-order valence-electron chi connectivity index (χ0n) is 19.8. The predicted molar refractivity (Wildman–Crippen MR) is 143 cm³/mol. The first kappa shape index (κ1) is 27.6. The van der Waals surface area contributed by atoms with Gasteiger partial charge in [-0.05, 0) is 86.4 Å². The number of allylic oxidation sites excluding steroid dienone is 2. The van der Waals surface area contributed by atoms with Gasteiger partial charge in [0.05, 0.1) is 5.69 Å². The van der Waals surface area contributed by atoms with E-state index in [9.17, 15) is 14.0 Å². The number of carbonyl (C=O) groups is 2. The molecule has 0 bridgehead atoms. The number of aliphatic imine (C=N–C) groups is 1. The summed E-state index contributed by atoms with van der Waals surface area (Å²) in [7, 11) is 0. The lowest BCUT2D eigenvalue weighted by Gasteiger charge is -2.37. The van der Waals surface area contributed by atoms with Crippen LogP contribution in [0.4, 0.5) is 10.1 Å². The highest BCUT2D eigenvalue weighted by Gasteiger charge is 2.32. The second-order valence-electron chi connectivity index (χ2n) is 8.86. The first-order valence-corrected chi connectivity index (χ1v) is 13.3. The molecule has 33 heavy (non-hydrogen) atoms. The average Bonchev–Trinajstić information content (AvgIpc) is 2.78. The standard InChI is InChI=1S/C23H27FN2O2.C4H9I/c1-16(28)20-11-17(12-20)9-10-26(22-7-5-21(24)6-8-22)14-19-4-3-18(15-27)13-23(19)25-2;1-2-3-4-5/h3-7,13,15,17,20,22H,2,8-12,14H2,1H3;2-4H2,1H3. The average molecular weight is 566 g/mol. The molecule has 1 unspecified atom stereocenters. The summed E-state index contributed by atoms with van der Waals surface area (Å²) < 4.78 is 14.7. The van der Waals surface area contributed by atoms with E-state index in [1.807, 2.05) is 12.1 Å². The van der Waals surface area contributed by atoms with Crippen molar-refractivity contribution in [3.05, 3.63) is 53.4 Å². The molecule has 180 valence electrons. The number of hydrogen-bond donors (Lipinski definition) is 0. The summed E-state index contributed by atoms with van der Waals surface area (Å²) in [5, 5.41) is 0. The van der Waals surface area contributed by atoms with E-state index in [0.29, 0.717) is 35.9 Å². The highest BCUT2D eigenvalue weighted by Crippen LogP contribution is 2.37. The maximum atomic E-state index is 13.4. The van der Waals surface area contributed by atoms with Gasteiger partial charge in [-0.25, -0.2) is 4.39 Å². The Morgan fingerprint density at radius 2 is 2.12 bits per heavy atom. The van der Waals surface area contributed by atoms with Gasteiger partial charge in [0.2, 0.25) is 0 Å². The molecule has 0 aliphatic heterocycles. The smallest absolute Gasteiger partial charge is 0.150 e. The van der Waals surface area contributed by atoms with Gasteiger partial charge in [0.15, 0.2) is 0 Å². The summed E-state index contributed by atoms with van der Waals surface area (Å²) in [5.74, 6) is 0.910. The zero-order valence-corrected chi connectivity index (χ0v) is 22.0. The van der Waals surface area contributed by atoms with Crippen molar-refractivity contribution in [2.75, 3.05) is 11.0 Å². The minimum Gasteiger partial charge on any atom is -0.300 e. The van der Waals surface area contributed by atoms with E-state index in [0.717, 1.165) is 37.7 Å². The van der Waals surface area contributed by atoms with E-state index < -0.39 is 0 Å². The lowest BCUT2D eigenvalue weighted by atomic mass is 9.71. The molecule has 1 aromatic rings. The van der Waals surface area contributed by atoms with Crippen molar-refractivity contribution in [3.63, 3.8) is 0 Å². The van der Waals surface area contributed by atoms with Crippen LogP contribution in [0.15, 0.2) is 47.2 Å². The first-order valence-electron chi connectivity index (χ1n) is 11.8. The van der Waals surface area contributed by atoms with E-state index in [4.69, 9.17) is 0 Å². The van der Waals surface area contributed by atoms with Crippen molar-refractivity contribution in [2.45, 2.75) is 65.0 Å². The summed E-state index contributed by atoms with van der Waals surface area (Å²) in [5.41, 5.74) is 2.28.